The van der Waals surface area contributed by atoms with Crippen LogP contribution in [0.3, 0.4) is 0 Å². The SMILES string of the molecule is CC(C)Sc1cc(Br)ccc1CNCCC(C)(C)C(=O)O. The number of aliphatic carboxylic acids is 1. The van der Waals surface area contributed by atoms with Crippen molar-refractivity contribution in [2.45, 2.75) is 50.8 Å². The highest BCUT2D eigenvalue weighted by atomic mass is 79.9. The number of carbonyl (C=O) groups is 1. The molecular formula is C16H24BrNO2S. The average molecular weight is 374 g/mol. The highest BCUT2D eigenvalue weighted by Gasteiger charge is 2.26. The minimum Gasteiger partial charge on any atom is -0.481 e. The van der Waals surface area contributed by atoms with Crippen LogP contribution in [0.15, 0.2) is 27.6 Å². The van der Waals surface area contributed by atoms with Crippen molar-refractivity contribution in [3.05, 3.63) is 28.2 Å². The molecule has 3 nitrogen and oxygen atoms in total. The lowest BCUT2D eigenvalue weighted by molar-refractivity contribution is -0.147. The molecule has 0 saturated heterocycles. The third kappa shape index (κ3) is 6.41. The number of nitrogens with one attached hydrogen (secondary N) is 1. The first-order valence-electron chi connectivity index (χ1n) is 7.11. The Morgan fingerprint density at radius 3 is 2.67 bits per heavy atom. The fourth-order valence-corrected chi connectivity index (χ4v) is 3.28. The van der Waals surface area contributed by atoms with Crippen molar-refractivity contribution >= 4 is 33.7 Å². The number of benzene rings is 1. The highest BCUT2D eigenvalue weighted by Crippen LogP contribution is 2.29. The zero-order valence-corrected chi connectivity index (χ0v) is 15.5. The second-order valence-electron chi connectivity index (χ2n) is 6.03. The van der Waals surface area contributed by atoms with Gasteiger partial charge in [0.25, 0.3) is 0 Å². The van der Waals surface area contributed by atoms with E-state index < -0.39 is 11.4 Å². The van der Waals surface area contributed by atoms with Gasteiger partial charge in [-0.05, 0) is 44.5 Å². The Balaban J connectivity index is 2.57. The normalized spacial score (nSPS) is 11.9. The maximum absolute atomic E-state index is 11.1. The lowest BCUT2D eigenvalue weighted by atomic mass is 9.90. The van der Waals surface area contributed by atoms with Crippen molar-refractivity contribution in [3.63, 3.8) is 0 Å². The molecule has 0 amide bonds. The van der Waals surface area contributed by atoms with Crippen molar-refractivity contribution in [3.8, 4) is 0 Å². The van der Waals surface area contributed by atoms with Gasteiger partial charge in [0.1, 0.15) is 0 Å². The van der Waals surface area contributed by atoms with E-state index in [1.807, 2.05) is 17.8 Å². The quantitative estimate of drug-likeness (QED) is 0.518. The zero-order chi connectivity index (χ0) is 16.0. The Kier molecular flexibility index (Phi) is 7.24. The number of carboxylic acid groups (broad SMARTS) is 1. The molecule has 0 unspecified atom stereocenters. The summed E-state index contributed by atoms with van der Waals surface area (Å²) in [5, 5.41) is 13.0. The first-order chi connectivity index (χ1) is 9.72. The molecule has 0 bridgehead atoms. The monoisotopic (exact) mass is 373 g/mol. The fraction of sp³-hybridized carbons (Fsp3) is 0.562. The van der Waals surface area contributed by atoms with Gasteiger partial charge in [0, 0.05) is 21.2 Å². The molecule has 1 aromatic carbocycles. The molecule has 0 spiro atoms. The molecule has 2 N–H and O–H groups in total. The van der Waals surface area contributed by atoms with Crippen molar-refractivity contribution in [1.82, 2.24) is 5.32 Å². The van der Waals surface area contributed by atoms with Crippen LogP contribution >= 0.6 is 27.7 Å². The van der Waals surface area contributed by atoms with Crippen LogP contribution in [0.2, 0.25) is 0 Å². The predicted molar refractivity (Wildman–Crippen MR) is 92.9 cm³/mol. The van der Waals surface area contributed by atoms with Crippen LogP contribution in [-0.2, 0) is 11.3 Å². The predicted octanol–water partition coefficient (Wildman–Crippen LogP) is 4.54. The maximum Gasteiger partial charge on any atom is 0.309 e. The van der Waals surface area contributed by atoms with Crippen LogP contribution in [0.1, 0.15) is 39.7 Å². The van der Waals surface area contributed by atoms with Gasteiger partial charge in [-0.25, -0.2) is 0 Å². The molecule has 0 atom stereocenters. The molecule has 0 aromatic heterocycles. The molecule has 0 aliphatic rings. The first-order valence-corrected chi connectivity index (χ1v) is 8.79. The molecule has 5 heteroatoms. The Morgan fingerprint density at radius 1 is 1.43 bits per heavy atom. The lowest BCUT2D eigenvalue weighted by Crippen LogP contribution is -2.28. The zero-order valence-electron chi connectivity index (χ0n) is 13.1. The lowest BCUT2D eigenvalue weighted by Gasteiger charge is -2.19. The van der Waals surface area contributed by atoms with Gasteiger partial charge >= 0.3 is 5.97 Å². The van der Waals surface area contributed by atoms with Crippen molar-refractivity contribution in [1.29, 1.82) is 0 Å². The van der Waals surface area contributed by atoms with Gasteiger partial charge in [-0.1, -0.05) is 35.8 Å². The summed E-state index contributed by atoms with van der Waals surface area (Å²) in [5.41, 5.74) is 0.576. The van der Waals surface area contributed by atoms with Crippen molar-refractivity contribution in [2.75, 3.05) is 6.54 Å². The third-order valence-electron chi connectivity index (χ3n) is 3.21. The van der Waals surface area contributed by atoms with Crippen LogP contribution < -0.4 is 5.32 Å². The number of halogens is 1. The number of rotatable bonds is 8. The van der Waals surface area contributed by atoms with E-state index in [0.29, 0.717) is 18.2 Å². The van der Waals surface area contributed by atoms with E-state index in [-0.39, 0.29) is 0 Å². The Bertz CT molecular complexity index is 489. The summed E-state index contributed by atoms with van der Waals surface area (Å²) < 4.78 is 1.08. The molecule has 1 aromatic rings. The van der Waals surface area contributed by atoms with Gasteiger partial charge in [-0.15, -0.1) is 11.8 Å². The second-order valence-corrected chi connectivity index (χ2v) is 8.57. The topological polar surface area (TPSA) is 49.3 Å². The second kappa shape index (κ2) is 8.20. The molecule has 1 rings (SSSR count). The van der Waals surface area contributed by atoms with E-state index in [1.54, 1.807) is 13.8 Å². The molecule has 0 radical (unpaired) electrons. The van der Waals surface area contributed by atoms with Gasteiger partial charge in [0.2, 0.25) is 0 Å². The fourth-order valence-electron chi connectivity index (χ4n) is 1.77. The number of thioether (sulfide) groups is 1. The van der Waals surface area contributed by atoms with Gasteiger partial charge in [0.15, 0.2) is 0 Å². The van der Waals surface area contributed by atoms with E-state index in [4.69, 9.17) is 5.11 Å². The first kappa shape index (κ1) is 18.5. The summed E-state index contributed by atoms with van der Waals surface area (Å²) in [6.07, 6.45) is 0.617. The van der Waals surface area contributed by atoms with Crippen LogP contribution in [0.4, 0.5) is 0 Å². The molecule has 118 valence electrons. The van der Waals surface area contributed by atoms with Crippen LogP contribution in [0.5, 0.6) is 0 Å². The van der Waals surface area contributed by atoms with E-state index in [9.17, 15) is 4.79 Å². The van der Waals surface area contributed by atoms with E-state index in [1.165, 1.54) is 10.5 Å². The van der Waals surface area contributed by atoms with Crippen LogP contribution in [0.25, 0.3) is 0 Å². The van der Waals surface area contributed by atoms with Crippen LogP contribution in [-0.4, -0.2) is 22.9 Å². The van der Waals surface area contributed by atoms with Crippen molar-refractivity contribution in [2.24, 2.45) is 5.41 Å². The molecule has 0 saturated carbocycles. The third-order valence-corrected chi connectivity index (χ3v) is 4.81. The molecule has 0 aliphatic heterocycles. The Hall–Kier alpha value is -0.520. The molecular weight excluding hydrogens is 350 g/mol. The minimum atomic E-state index is -0.746. The summed E-state index contributed by atoms with van der Waals surface area (Å²) >= 11 is 5.35. The van der Waals surface area contributed by atoms with Gasteiger partial charge in [-0.2, -0.15) is 0 Å². The minimum absolute atomic E-state index is 0.531. The summed E-state index contributed by atoms with van der Waals surface area (Å²) in [7, 11) is 0. The summed E-state index contributed by atoms with van der Waals surface area (Å²) in [4.78, 5) is 12.3. The van der Waals surface area contributed by atoms with E-state index >= 15 is 0 Å². The standard InChI is InChI=1S/C16H24BrNO2S/c1-11(2)21-14-9-13(17)6-5-12(14)10-18-8-7-16(3,4)15(19)20/h5-6,9,11,18H,7-8,10H2,1-4H3,(H,19,20). The molecule has 21 heavy (non-hydrogen) atoms. The number of hydrogen-bond acceptors (Lipinski definition) is 3. The van der Waals surface area contributed by atoms with E-state index in [0.717, 1.165) is 11.0 Å². The smallest absolute Gasteiger partial charge is 0.309 e. The number of carboxylic acids is 1. The summed E-state index contributed by atoms with van der Waals surface area (Å²) in [5.74, 6) is -0.746. The van der Waals surface area contributed by atoms with Crippen molar-refractivity contribution < 1.29 is 9.90 Å². The van der Waals surface area contributed by atoms with Gasteiger partial charge in [-0.3, -0.25) is 4.79 Å². The van der Waals surface area contributed by atoms with Gasteiger partial charge in [0.05, 0.1) is 5.41 Å². The largest absolute Gasteiger partial charge is 0.481 e. The Morgan fingerprint density at radius 2 is 2.10 bits per heavy atom. The molecule has 0 heterocycles. The maximum atomic E-state index is 11.1. The Labute approximate surface area is 140 Å². The van der Waals surface area contributed by atoms with Gasteiger partial charge < -0.3 is 10.4 Å². The summed E-state index contributed by atoms with van der Waals surface area (Å²) in [6, 6.07) is 6.30. The number of hydrogen-bond donors (Lipinski definition) is 2. The summed E-state index contributed by atoms with van der Waals surface area (Å²) in [6.45, 7) is 9.34. The average Bonchev–Trinajstić information content (AvgIpc) is 2.35. The molecule has 0 fully saturated rings. The van der Waals surface area contributed by atoms with Crippen LogP contribution in [0, 0.1) is 5.41 Å². The van der Waals surface area contributed by atoms with E-state index in [2.05, 4.69) is 47.2 Å². The highest BCUT2D eigenvalue weighted by molar-refractivity contribution is 9.10. The molecule has 0 aliphatic carbocycles.